The topological polar surface area (TPSA) is 64.7 Å². The van der Waals surface area contributed by atoms with E-state index in [4.69, 9.17) is 0 Å². The Kier molecular flexibility index (Phi) is 4.75. The second-order valence-electron chi connectivity index (χ2n) is 7.27. The summed E-state index contributed by atoms with van der Waals surface area (Å²) in [6.45, 7) is 4.51. The minimum absolute atomic E-state index is 0.201. The molecule has 4 rings (SSSR count). The Morgan fingerprint density at radius 2 is 2.00 bits per heavy atom. The first-order valence-corrected chi connectivity index (χ1v) is 9.60. The van der Waals surface area contributed by atoms with Gasteiger partial charge in [0.1, 0.15) is 11.5 Å². The van der Waals surface area contributed by atoms with Crippen LogP contribution < -0.4 is 5.32 Å². The maximum absolute atomic E-state index is 14.3. The summed E-state index contributed by atoms with van der Waals surface area (Å²) in [4.78, 5) is 12.8. The maximum atomic E-state index is 14.3. The fraction of sp³-hybridized carbons (Fsp3) is 0.381. The van der Waals surface area contributed by atoms with Crippen LogP contribution in [0.25, 0.3) is 5.69 Å². The Morgan fingerprint density at radius 1 is 1.21 bits per heavy atom. The second kappa shape index (κ2) is 7.22. The molecule has 1 N–H and O–H groups in total. The average molecular weight is 381 g/mol. The molecule has 2 heterocycles. The zero-order chi connectivity index (χ0) is 19.8. The molecule has 0 aliphatic heterocycles. The van der Waals surface area contributed by atoms with Crippen molar-refractivity contribution in [3.05, 3.63) is 64.0 Å². The first-order chi connectivity index (χ1) is 13.5. The van der Waals surface area contributed by atoms with Crippen LogP contribution in [0.2, 0.25) is 0 Å². The number of aromatic nitrogens is 4. The third-order valence-corrected chi connectivity index (χ3v) is 5.55. The molecule has 146 valence electrons. The number of hydrogen-bond donors (Lipinski definition) is 1. The SMILES string of the molecule is Cc1nn(C)c(C)c1CCNC(=O)c1nn(-c2ccccc2F)c2c1CCC2. The minimum Gasteiger partial charge on any atom is -0.350 e. The molecule has 6 nitrogen and oxygen atoms in total. The van der Waals surface area contributed by atoms with Gasteiger partial charge in [0.25, 0.3) is 5.91 Å². The molecule has 3 aromatic rings. The van der Waals surface area contributed by atoms with Crippen molar-refractivity contribution in [2.24, 2.45) is 7.05 Å². The molecule has 7 heteroatoms. The van der Waals surface area contributed by atoms with E-state index in [1.54, 1.807) is 22.9 Å². The molecule has 2 aromatic heterocycles. The van der Waals surface area contributed by atoms with Gasteiger partial charge in [-0.15, -0.1) is 0 Å². The van der Waals surface area contributed by atoms with Gasteiger partial charge in [-0.2, -0.15) is 10.2 Å². The lowest BCUT2D eigenvalue weighted by Crippen LogP contribution is -2.27. The third kappa shape index (κ3) is 3.10. The normalized spacial score (nSPS) is 13.0. The average Bonchev–Trinajstić information content (AvgIpc) is 3.33. The van der Waals surface area contributed by atoms with Crippen LogP contribution in [0, 0.1) is 19.7 Å². The van der Waals surface area contributed by atoms with Crippen LogP contribution in [0.3, 0.4) is 0 Å². The highest BCUT2D eigenvalue weighted by Gasteiger charge is 2.27. The molecule has 0 atom stereocenters. The Bertz CT molecular complexity index is 1050. The van der Waals surface area contributed by atoms with Gasteiger partial charge in [-0.05, 0) is 57.2 Å². The van der Waals surface area contributed by atoms with Crippen molar-refractivity contribution in [3.8, 4) is 5.69 Å². The minimum atomic E-state index is -0.339. The third-order valence-electron chi connectivity index (χ3n) is 5.55. The maximum Gasteiger partial charge on any atom is 0.272 e. The Labute approximate surface area is 163 Å². The highest BCUT2D eigenvalue weighted by molar-refractivity contribution is 5.94. The summed E-state index contributed by atoms with van der Waals surface area (Å²) < 4.78 is 17.7. The molecule has 0 fully saturated rings. The number of nitrogens with one attached hydrogen (secondary N) is 1. The van der Waals surface area contributed by atoms with Crippen molar-refractivity contribution >= 4 is 5.91 Å². The number of rotatable bonds is 5. The lowest BCUT2D eigenvalue weighted by Gasteiger charge is -2.07. The van der Waals surface area contributed by atoms with E-state index < -0.39 is 0 Å². The molecule has 0 spiro atoms. The number of hydrogen-bond acceptors (Lipinski definition) is 3. The first-order valence-electron chi connectivity index (χ1n) is 9.60. The van der Waals surface area contributed by atoms with Crippen molar-refractivity contribution in [2.45, 2.75) is 39.5 Å². The van der Waals surface area contributed by atoms with Gasteiger partial charge in [0, 0.05) is 30.5 Å². The summed E-state index contributed by atoms with van der Waals surface area (Å²) in [6, 6.07) is 6.53. The number of amides is 1. The molecule has 0 bridgehead atoms. The van der Waals surface area contributed by atoms with E-state index in [-0.39, 0.29) is 11.7 Å². The molecule has 1 amide bonds. The molecule has 1 aliphatic rings. The van der Waals surface area contributed by atoms with Crippen LogP contribution in [0.15, 0.2) is 24.3 Å². The second-order valence-corrected chi connectivity index (χ2v) is 7.27. The molecule has 0 saturated heterocycles. The summed E-state index contributed by atoms with van der Waals surface area (Å²) in [7, 11) is 1.92. The summed E-state index contributed by atoms with van der Waals surface area (Å²) in [6.07, 6.45) is 3.27. The van der Waals surface area contributed by atoms with Gasteiger partial charge in [-0.25, -0.2) is 9.07 Å². The van der Waals surface area contributed by atoms with Crippen LogP contribution in [0.5, 0.6) is 0 Å². The van der Waals surface area contributed by atoms with E-state index in [0.717, 1.165) is 47.5 Å². The molecule has 1 aliphatic carbocycles. The summed E-state index contributed by atoms with van der Waals surface area (Å²) in [5, 5.41) is 11.9. The van der Waals surface area contributed by atoms with E-state index in [0.29, 0.717) is 24.3 Å². The van der Waals surface area contributed by atoms with Gasteiger partial charge in [0.15, 0.2) is 5.69 Å². The largest absolute Gasteiger partial charge is 0.350 e. The number of benzene rings is 1. The van der Waals surface area contributed by atoms with Crippen LogP contribution in [-0.4, -0.2) is 32.0 Å². The molecule has 1 aromatic carbocycles. The lowest BCUT2D eigenvalue weighted by molar-refractivity contribution is 0.0947. The van der Waals surface area contributed by atoms with E-state index in [1.165, 1.54) is 6.07 Å². The fourth-order valence-corrected chi connectivity index (χ4v) is 4.01. The first kappa shape index (κ1) is 18.4. The Balaban J connectivity index is 1.54. The van der Waals surface area contributed by atoms with Gasteiger partial charge < -0.3 is 5.32 Å². The number of carbonyl (C=O) groups is 1. The van der Waals surface area contributed by atoms with Gasteiger partial charge in [-0.3, -0.25) is 9.48 Å². The lowest BCUT2D eigenvalue weighted by atomic mass is 10.1. The van der Waals surface area contributed by atoms with Crippen LogP contribution in [0.1, 0.15) is 45.1 Å². The van der Waals surface area contributed by atoms with Crippen molar-refractivity contribution in [1.29, 1.82) is 0 Å². The number of para-hydroxylation sites is 1. The van der Waals surface area contributed by atoms with Gasteiger partial charge in [-0.1, -0.05) is 12.1 Å². The molecule has 0 saturated carbocycles. The number of halogens is 1. The van der Waals surface area contributed by atoms with E-state index in [9.17, 15) is 9.18 Å². The Hall–Kier alpha value is -2.96. The zero-order valence-electron chi connectivity index (χ0n) is 16.4. The summed E-state index contributed by atoms with van der Waals surface area (Å²) in [5.41, 5.74) is 5.93. The number of fused-ring (bicyclic) bond motifs is 1. The molecule has 28 heavy (non-hydrogen) atoms. The smallest absolute Gasteiger partial charge is 0.272 e. The standard InChI is InChI=1S/C21H24FN5O/c1-13-15(14(2)26(3)24-13)11-12-23-21(28)20-16-7-6-10-18(16)27(25-20)19-9-5-4-8-17(19)22/h4-5,8-9H,6-7,10-12H2,1-3H3,(H,23,28). The van der Waals surface area contributed by atoms with Gasteiger partial charge in [0.05, 0.1) is 5.69 Å². The van der Waals surface area contributed by atoms with E-state index in [1.807, 2.05) is 25.6 Å². The van der Waals surface area contributed by atoms with Crippen molar-refractivity contribution in [3.63, 3.8) is 0 Å². The quantitative estimate of drug-likeness (QED) is 0.739. The summed E-state index contributed by atoms with van der Waals surface area (Å²) >= 11 is 0. The van der Waals surface area contributed by atoms with E-state index in [2.05, 4.69) is 15.5 Å². The number of nitrogens with zero attached hydrogens (tertiary/aromatic N) is 4. The highest BCUT2D eigenvalue weighted by atomic mass is 19.1. The van der Waals surface area contributed by atoms with Gasteiger partial charge in [0.2, 0.25) is 0 Å². The molecule has 0 unspecified atom stereocenters. The van der Waals surface area contributed by atoms with Crippen molar-refractivity contribution < 1.29 is 9.18 Å². The zero-order valence-corrected chi connectivity index (χ0v) is 16.4. The number of aryl methyl sites for hydroxylation is 2. The van der Waals surface area contributed by atoms with Crippen LogP contribution in [-0.2, 0) is 26.3 Å². The van der Waals surface area contributed by atoms with Crippen molar-refractivity contribution in [2.75, 3.05) is 6.54 Å². The van der Waals surface area contributed by atoms with Crippen molar-refractivity contribution in [1.82, 2.24) is 24.9 Å². The van der Waals surface area contributed by atoms with E-state index >= 15 is 0 Å². The molecular weight excluding hydrogens is 357 g/mol. The van der Waals surface area contributed by atoms with Gasteiger partial charge >= 0.3 is 0 Å². The summed E-state index contributed by atoms with van der Waals surface area (Å²) in [5.74, 6) is -0.540. The predicted octanol–water partition coefficient (Wildman–Crippen LogP) is 2.82. The Morgan fingerprint density at radius 3 is 2.71 bits per heavy atom. The highest BCUT2D eigenvalue weighted by Crippen LogP contribution is 2.28. The van der Waals surface area contributed by atoms with Crippen LogP contribution >= 0.6 is 0 Å². The van der Waals surface area contributed by atoms with Crippen LogP contribution in [0.4, 0.5) is 4.39 Å². The number of carbonyl (C=O) groups excluding carboxylic acids is 1. The fourth-order valence-electron chi connectivity index (χ4n) is 4.01. The predicted molar refractivity (Wildman–Crippen MR) is 104 cm³/mol. The molecule has 0 radical (unpaired) electrons. The molecular formula is C21H24FN5O. The monoisotopic (exact) mass is 381 g/mol.